The summed E-state index contributed by atoms with van der Waals surface area (Å²) in [5, 5.41) is 10.4. The number of anilines is 1. The monoisotopic (exact) mass is 818 g/mol. The van der Waals surface area contributed by atoms with Crippen LogP contribution in [-0.4, -0.2) is 72.3 Å². The average molecular weight is 819 g/mol. The molecule has 3 aromatic carbocycles. The van der Waals surface area contributed by atoms with Crippen LogP contribution in [0.1, 0.15) is 35.6 Å². The molecule has 3 aliphatic rings. The van der Waals surface area contributed by atoms with E-state index in [1.54, 1.807) is 89.9 Å². The van der Waals surface area contributed by atoms with E-state index in [9.17, 15) is 19.5 Å². The maximum absolute atomic E-state index is 16.8. The van der Waals surface area contributed by atoms with Crippen LogP contribution in [0, 0.1) is 5.92 Å². The number of fused-ring (bicyclic) bond motifs is 3. The molecule has 5 heterocycles. The number of pyridine rings is 2. The molecule has 2 amide bonds. The van der Waals surface area contributed by atoms with Gasteiger partial charge in [-0.05, 0) is 90.8 Å². The predicted octanol–water partition coefficient (Wildman–Crippen LogP) is 5.66. The van der Waals surface area contributed by atoms with Gasteiger partial charge in [-0.2, -0.15) is 0 Å². The van der Waals surface area contributed by atoms with Crippen LogP contribution in [-0.2, 0) is 39.4 Å². The number of hydrogen-bond donors (Lipinski definition) is 1. The molecule has 1 N–H and O–H groups in total. The van der Waals surface area contributed by atoms with Crippen LogP contribution >= 0.6 is 0 Å². The minimum atomic E-state index is -3.66. The van der Waals surface area contributed by atoms with Gasteiger partial charge in [0.1, 0.15) is 0 Å². The Morgan fingerprint density at radius 1 is 0.864 bits per heavy atom. The Labute approximate surface area is 342 Å². The highest BCUT2D eigenvalue weighted by Crippen LogP contribution is 2.60. The van der Waals surface area contributed by atoms with E-state index in [0.717, 1.165) is 16.7 Å². The van der Waals surface area contributed by atoms with Crippen molar-refractivity contribution < 1.29 is 33.0 Å². The molecule has 3 aliphatic heterocycles. The molecule has 14 heteroatoms. The first-order chi connectivity index (χ1) is 28.3. The van der Waals surface area contributed by atoms with Crippen LogP contribution in [0.25, 0.3) is 11.4 Å². The molecule has 306 valence electrons. The van der Waals surface area contributed by atoms with Gasteiger partial charge in [0.25, 0.3) is 17.0 Å². The third kappa shape index (κ3) is 6.78. The summed E-state index contributed by atoms with van der Waals surface area (Å²) >= 11 is 0. The largest absolute Gasteiger partial charge is 0.491 e. The first-order valence-electron chi connectivity index (χ1n) is 19.7. The van der Waals surface area contributed by atoms with Crippen molar-refractivity contribution in [3.8, 4) is 22.9 Å². The van der Waals surface area contributed by atoms with Crippen molar-refractivity contribution in [1.29, 1.82) is 0 Å². The Hall–Kier alpha value is -5.83. The molecule has 1 fully saturated rings. The number of aromatic nitrogens is 2. The molecular formula is C45H47FN4O8Si. The lowest BCUT2D eigenvalue weighted by Gasteiger charge is -2.37. The second-order valence-corrected chi connectivity index (χ2v) is 19.9. The fraction of sp³-hybridized carbons (Fsp3) is 0.333. The smallest absolute Gasteiger partial charge is 0.297 e. The zero-order valence-electron chi connectivity index (χ0n) is 33.6. The van der Waals surface area contributed by atoms with Crippen LogP contribution < -0.4 is 25.5 Å². The molecule has 12 nitrogen and oxygen atoms in total. The van der Waals surface area contributed by atoms with Crippen LogP contribution in [0.2, 0.25) is 18.6 Å². The fourth-order valence-corrected chi connectivity index (χ4v) is 12.0. The van der Waals surface area contributed by atoms with E-state index < -0.39 is 49.1 Å². The molecule has 0 unspecified atom stereocenters. The van der Waals surface area contributed by atoms with Gasteiger partial charge in [-0.15, -0.1) is 0 Å². The van der Waals surface area contributed by atoms with E-state index in [4.69, 9.17) is 14.2 Å². The number of halogens is 1. The lowest BCUT2D eigenvalue weighted by Crippen LogP contribution is -2.48. The number of nitrogens with zero attached hydrogens (tertiary/aromatic N) is 4. The topological polar surface area (TPSA) is 133 Å². The average Bonchev–Trinajstić information content (AvgIpc) is 3.66. The number of ether oxygens (including phenoxy) is 3. The highest BCUT2D eigenvalue weighted by atomic mass is 28.4. The Balaban J connectivity index is 1.19. The number of benzene rings is 3. The lowest BCUT2D eigenvalue weighted by atomic mass is 9.82. The van der Waals surface area contributed by atoms with Gasteiger partial charge in [0.2, 0.25) is 14.3 Å². The highest BCUT2D eigenvalue weighted by Gasteiger charge is 2.67. The van der Waals surface area contributed by atoms with E-state index in [0.29, 0.717) is 35.6 Å². The van der Waals surface area contributed by atoms with Crippen LogP contribution in [0.4, 0.5) is 9.80 Å². The van der Waals surface area contributed by atoms with Gasteiger partial charge < -0.3 is 33.2 Å². The number of hydrogen-bond acceptors (Lipinski definition) is 8. The summed E-state index contributed by atoms with van der Waals surface area (Å²) in [6.45, 7) is 5.18. The van der Waals surface area contributed by atoms with E-state index in [1.165, 1.54) is 23.4 Å². The van der Waals surface area contributed by atoms with Gasteiger partial charge in [0.05, 0.1) is 51.6 Å². The lowest BCUT2D eigenvalue weighted by molar-refractivity contribution is -0.151. The number of amides is 2. The standard InChI is InChI=1S/C45H47FN4O8Si/c1-28-41(59(4,5)46)39(24-40(52)49-26-31-11-7-6-10-30(31)22-34(49)27-51)58-45(28)35-23-33(48-21-9-13-38(57-3)43(48)54)18-19-36(35)50(44(45)55)25-29-14-16-32(17-15-29)47-20-8-12-37(56-2)42(47)53/h6-21,23,28,34,39,41,51H,22,24-27H2,1-5H3/t28-,34-,39+,41-,45+/m0/s1. The molecule has 1 saturated heterocycles. The van der Waals surface area contributed by atoms with Crippen molar-refractivity contribution in [2.24, 2.45) is 5.92 Å². The zero-order valence-corrected chi connectivity index (χ0v) is 34.6. The molecule has 0 bridgehead atoms. The third-order valence-corrected chi connectivity index (χ3v) is 14.8. The first-order valence-corrected chi connectivity index (χ1v) is 22.7. The first kappa shape index (κ1) is 40.0. The molecule has 59 heavy (non-hydrogen) atoms. The summed E-state index contributed by atoms with van der Waals surface area (Å²) in [4.78, 5) is 59.3. The molecule has 0 aliphatic carbocycles. The van der Waals surface area contributed by atoms with Crippen molar-refractivity contribution in [1.82, 2.24) is 14.0 Å². The number of carbonyl (C=O) groups excluding carboxylic acids is 2. The minimum absolute atomic E-state index is 0.117. The number of methoxy groups -OCH3 is 2. The van der Waals surface area contributed by atoms with E-state index in [1.807, 2.05) is 43.3 Å². The van der Waals surface area contributed by atoms with Gasteiger partial charge >= 0.3 is 0 Å². The predicted molar refractivity (Wildman–Crippen MR) is 223 cm³/mol. The minimum Gasteiger partial charge on any atom is -0.491 e. The van der Waals surface area contributed by atoms with E-state index >= 15 is 8.90 Å². The third-order valence-electron chi connectivity index (χ3n) is 12.3. The van der Waals surface area contributed by atoms with Gasteiger partial charge in [-0.25, -0.2) is 0 Å². The maximum Gasteiger partial charge on any atom is 0.297 e. The van der Waals surface area contributed by atoms with Gasteiger partial charge in [-0.3, -0.25) is 28.3 Å². The van der Waals surface area contributed by atoms with Crippen molar-refractivity contribution >= 4 is 25.9 Å². The number of carbonyl (C=O) groups is 2. The van der Waals surface area contributed by atoms with E-state index in [-0.39, 0.29) is 42.5 Å². The quantitative estimate of drug-likeness (QED) is 0.141. The molecule has 8 rings (SSSR count). The molecule has 2 aromatic heterocycles. The van der Waals surface area contributed by atoms with Crippen molar-refractivity contribution in [2.45, 2.75) is 69.2 Å². The fourth-order valence-electron chi connectivity index (χ4n) is 9.48. The van der Waals surface area contributed by atoms with Crippen molar-refractivity contribution in [2.75, 3.05) is 25.7 Å². The molecule has 0 radical (unpaired) electrons. The SMILES string of the molecule is COc1cccn(-c2ccc(CN3C(=O)[C@]4(O[C@H](CC(=O)N5Cc6ccccc6C[C@H]5CO)[C@@H]([Si](C)(C)F)[C@@H]4C)c4cc(-n5cccc(OC)c5=O)ccc43)cc2)c1=O. The molecule has 0 saturated carbocycles. The summed E-state index contributed by atoms with van der Waals surface area (Å²) in [5.74, 6) is -1.06. The second kappa shape index (κ2) is 15.4. The number of aliphatic hydroxyl groups excluding tert-OH is 1. The van der Waals surface area contributed by atoms with Crippen molar-refractivity contribution in [3.63, 3.8) is 0 Å². The maximum atomic E-state index is 16.8. The highest BCUT2D eigenvalue weighted by molar-refractivity contribution is 6.72. The van der Waals surface area contributed by atoms with Crippen molar-refractivity contribution in [3.05, 3.63) is 146 Å². The molecule has 5 atom stereocenters. The summed E-state index contributed by atoms with van der Waals surface area (Å²) < 4.78 is 37.2. The van der Waals surface area contributed by atoms with E-state index in [2.05, 4.69) is 0 Å². The number of aliphatic hydroxyl groups is 1. The van der Waals surface area contributed by atoms with Crippen LogP contribution in [0.3, 0.4) is 0 Å². The second-order valence-electron chi connectivity index (χ2n) is 16.1. The Morgan fingerprint density at radius 3 is 2.08 bits per heavy atom. The molecule has 5 aromatic rings. The van der Waals surface area contributed by atoms with Crippen LogP contribution in [0.5, 0.6) is 11.5 Å². The summed E-state index contributed by atoms with van der Waals surface area (Å²) in [7, 11) is -0.808. The zero-order chi connectivity index (χ0) is 41.8. The number of rotatable bonds is 10. The normalized spacial score (nSPS) is 22.4. The summed E-state index contributed by atoms with van der Waals surface area (Å²) in [5.41, 5.74) is 1.69. The van der Waals surface area contributed by atoms with Crippen LogP contribution in [0.15, 0.2) is 113 Å². The molecule has 1 spiro atoms. The Morgan fingerprint density at radius 2 is 1.47 bits per heavy atom. The van der Waals surface area contributed by atoms with Gasteiger partial charge in [0, 0.05) is 47.3 Å². The molecular weight excluding hydrogens is 772 g/mol. The van der Waals surface area contributed by atoms with Gasteiger partial charge in [-0.1, -0.05) is 43.3 Å². The summed E-state index contributed by atoms with van der Waals surface area (Å²) in [6.07, 6.45) is 2.61. The summed E-state index contributed by atoms with van der Waals surface area (Å²) in [6, 6.07) is 26.4. The van der Waals surface area contributed by atoms with Gasteiger partial charge in [0.15, 0.2) is 17.1 Å². The Bertz CT molecular complexity index is 2550. The Kier molecular flexibility index (Phi) is 10.4.